The Hall–Kier alpha value is -6.36. The topological polar surface area (TPSA) is 29.5 Å². The molecule has 0 saturated heterocycles. The molecule has 3 heterocycles. The van der Waals surface area contributed by atoms with Crippen LogP contribution in [-0.4, -0.2) is 8.07 Å². The lowest BCUT2D eigenvalue weighted by atomic mass is 9.97. The van der Waals surface area contributed by atoms with Gasteiger partial charge in [-0.1, -0.05) is 128 Å². The zero-order valence-corrected chi connectivity index (χ0v) is 29.9. The number of hydrogen-bond donors (Lipinski definition) is 0. The van der Waals surface area contributed by atoms with Crippen LogP contribution >= 0.6 is 0 Å². The van der Waals surface area contributed by atoms with Crippen molar-refractivity contribution in [2.24, 2.45) is 0 Å². The number of furan rings is 2. The first-order chi connectivity index (χ1) is 25.5. The van der Waals surface area contributed by atoms with Gasteiger partial charge in [0.25, 0.3) is 0 Å². The minimum Gasteiger partial charge on any atom is -0.456 e. The summed E-state index contributed by atoms with van der Waals surface area (Å²) in [5.41, 5.74) is 11.9. The second-order valence-electron chi connectivity index (χ2n) is 14.5. The van der Waals surface area contributed by atoms with E-state index in [2.05, 4.69) is 176 Å². The minimum absolute atomic E-state index is 0.881. The predicted molar refractivity (Wildman–Crippen MR) is 221 cm³/mol. The van der Waals surface area contributed by atoms with E-state index in [4.69, 9.17) is 8.83 Å². The molecule has 0 aliphatic carbocycles. The van der Waals surface area contributed by atoms with Crippen molar-refractivity contribution in [1.82, 2.24) is 0 Å². The molecular formula is C48H33NO2Si. The second kappa shape index (κ2) is 10.8. The van der Waals surface area contributed by atoms with E-state index in [1.54, 1.807) is 0 Å². The summed E-state index contributed by atoms with van der Waals surface area (Å²) in [6.45, 7) is 4.97. The van der Waals surface area contributed by atoms with E-state index in [1.165, 1.54) is 54.2 Å². The second-order valence-corrected chi connectivity index (χ2v) is 18.8. The SMILES string of the molecule is C[Si]1(C)c2cc(N(c3cccc(-c4cccc5ccccc45)c3)c3cccc4c3oc3ccccc34)ccc2-c2c1ccc1oc3ccccc3c21. The molecule has 0 unspecified atom stereocenters. The van der Waals surface area contributed by atoms with Crippen molar-refractivity contribution in [1.29, 1.82) is 0 Å². The monoisotopic (exact) mass is 683 g/mol. The van der Waals surface area contributed by atoms with Crippen molar-refractivity contribution < 1.29 is 8.83 Å². The van der Waals surface area contributed by atoms with Crippen LogP contribution in [0.1, 0.15) is 0 Å². The molecule has 11 rings (SSSR count). The van der Waals surface area contributed by atoms with Gasteiger partial charge in [0, 0.05) is 32.9 Å². The van der Waals surface area contributed by atoms with Gasteiger partial charge in [0.05, 0.1) is 5.69 Å². The lowest BCUT2D eigenvalue weighted by Crippen LogP contribution is -2.49. The van der Waals surface area contributed by atoms with Crippen LogP contribution in [0.15, 0.2) is 173 Å². The molecule has 1 aliphatic heterocycles. The lowest BCUT2D eigenvalue weighted by molar-refractivity contribution is 0.668. The van der Waals surface area contributed by atoms with Crippen LogP contribution in [0.5, 0.6) is 0 Å². The summed E-state index contributed by atoms with van der Waals surface area (Å²) < 4.78 is 13.1. The van der Waals surface area contributed by atoms with E-state index in [-0.39, 0.29) is 0 Å². The van der Waals surface area contributed by atoms with E-state index in [1.807, 2.05) is 6.07 Å². The summed E-state index contributed by atoms with van der Waals surface area (Å²) >= 11 is 0. The molecule has 0 saturated carbocycles. The normalized spacial score (nSPS) is 13.3. The van der Waals surface area contributed by atoms with Crippen molar-refractivity contribution in [3.63, 3.8) is 0 Å². The highest BCUT2D eigenvalue weighted by Crippen LogP contribution is 2.45. The highest BCUT2D eigenvalue weighted by molar-refractivity contribution is 7.04. The Morgan fingerprint density at radius 2 is 1.15 bits per heavy atom. The zero-order valence-electron chi connectivity index (χ0n) is 28.9. The third-order valence-corrected chi connectivity index (χ3v) is 14.8. The summed E-state index contributed by atoms with van der Waals surface area (Å²) in [5, 5.41) is 10.0. The van der Waals surface area contributed by atoms with Gasteiger partial charge in [-0.15, -0.1) is 0 Å². The van der Waals surface area contributed by atoms with Gasteiger partial charge >= 0.3 is 0 Å². The lowest BCUT2D eigenvalue weighted by Gasteiger charge is -2.28. The minimum atomic E-state index is -2.10. The molecule has 0 amide bonds. The summed E-state index contributed by atoms with van der Waals surface area (Å²) in [6, 6.07) is 59.1. The fraction of sp³-hybridized carbons (Fsp3) is 0.0417. The maximum Gasteiger partial charge on any atom is 0.159 e. The molecule has 3 nitrogen and oxygen atoms in total. The molecule has 2 aromatic heterocycles. The average Bonchev–Trinajstić information content (AvgIpc) is 3.83. The number of benzene rings is 8. The van der Waals surface area contributed by atoms with Gasteiger partial charge in [-0.3, -0.25) is 0 Å². The fourth-order valence-electron chi connectivity index (χ4n) is 8.79. The Morgan fingerprint density at radius 3 is 2.04 bits per heavy atom. The Bertz CT molecular complexity index is 3070. The van der Waals surface area contributed by atoms with Gasteiger partial charge in [-0.2, -0.15) is 0 Å². The Kier molecular flexibility index (Phi) is 6.11. The molecule has 10 aromatic rings. The maximum absolute atomic E-state index is 6.70. The van der Waals surface area contributed by atoms with Gasteiger partial charge in [-0.05, 0) is 91.9 Å². The molecule has 0 N–H and O–H groups in total. The van der Waals surface area contributed by atoms with Crippen LogP contribution in [0.2, 0.25) is 13.1 Å². The summed E-state index contributed by atoms with van der Waals surface area (Å²) in [7, 11) is -2.10. The van der Waals surface area contributed by atoms with Crippen molar-refractivity contribution in [2.75, 3.05) is 4.90 Å². The standard InChI is InChI=1S/C48H33NO2Si/c1-52(2)44-27-26-43-46(38-18-6-8-23-42(38)50-43)47(44)39-25-24-33(29-45(39)52)49(40-21-11-20-37-36-17-5-7-22-41(36)51-48(37)40)32-15-9-14-31(28-32)35-19-10-13-30-12-3-4-16-34(30)35/h3-29H,1-2H3. The van der Waals surface area contributed by atoms with E-state index >= 15 is 0 Å². The quantitative estimate of drug-likeness (QED) is 0.173. The first-order valence-corrected chi connectivity index (χ1v) is 20.9. The van der Waals surface area contributed by atoms with Crippen LogP contribution in [0.25, 0.3) is 76.9 Å². The third kappa shape index (κ3) is 4.13. The molecule has 0 atom stereocenters. The molecule has 1 aliphatic rings. The average molecular weight is 684 g/mol. The van der Waals surface area contributed by atoms with Gasteiger partial charge in [-0.25, -0.2) is 0 Å². The fourth-order valence-corrected chi connectivity index (χ4v) is 11.9. The molecule has 0 radical (unpaired) electrons. The number of para-hydroxylation sites is 3. The smallest absolute Gasteiger partial charge is 0.159 e. The Morgan fingerprint density at radius 1 is 0.462 bits per heavy atom. The van der Waals surface area contributed by atoms with Crippen molar-refractivity contribution in [3.05, 3.63) is 164 Å². The molecule has 246 valence electrons. The van der Waals surface area contributed by atoms with Gasteiger partial charge in [0.15, 0.2) is 5.58 Å². The van der Waals surface area contributed by atoms with E-state index in [9.17, 15) is 0 Å². The number of hydrogen-bond acceptors (Lipinski definition) is 3. The number of anilines is 3. The van der Waals surface area contributed by atoms with Crippen molar-refractivity contribution in [3.8, 4) is 22.3 Å². The molecule has 52 heavy (non-hydrogen) atoms. The molecular weight excluding hydrogens is 651 g/mol. The number of fused-ring (bicyclic) bond motifs is 11. The highest BCUT2D eigenvalue weighted by Gasteiger charge is 2.40. The van der Waals surface area contributed by atoms with Crippen LogP contribution in [0.4, 0.5) is 17.1 Å². The predicted octanol–water partition coefficient (Wildman–Crippen LogP) is 12.6. The van der Waals surface area contributed by atoms with Gasteiger partial charge < -0.3 is 13.7 Å². The number of rotatable bonds is 4. The first kappa shape index (κ1) is 29.4. The molecule has 0 spiro atoms. The van der Waals surface area contributed by atoms with E-state index in [0.717, 1.165) is 50.2 Å². The van der Waals surface area contributed by atoms with Crippen LogP contribution in [0, 0.1) is 0 Å². The molecule has 0 fully saturated rings. The van der Waals surface area contributed by atoms with Crippen LogP contribution in [0.3, 0.4) is 0 Å². The third-order valence-electron chi connectivity index (χ3n) is 11.3. The zero-order chi connectivity index (χ0) is 34.6. The molecule has 8 aromatic carbocycles. The summed E-state index contributed by atoms with van der Waals surface area (Å²) in [6.07, 6.45) is 0. The highest BCUT2D eigenvalue weighted by atomic mass is 28.3. The Labute approximate surface area is 302 Å². The van der Waals surface area contributed by atoms with E-state index in [0.29, 0.717) is 0 Å². The van der Waals surface area contributed by atoms with E-state index < -0.39 is 8.07 Å². The van der Waals surface area contributed by atoms with Gasteiger partial charge in [0.1, 0.15) is 24.8 Å². The maximum atomic E-state index is 6.70. The summed E-state index contributed by atoms with van der Waals surface area (Å²) in [5.74, 6) is 0. The summed E-state index contributed by atoms with van der Waals surface area (Å²) in [4.78, 5) is 2.40. The van der Waals surface area contributed by atoms with Crippen LogP contribution in [-0.2, 0) is 0 Å². The van der Waals surface area contributed by atoms with Crippen LogP contribution < -0.4 is 15.3 Å². The van der Waals surface area contributed by atoms with Crippen molar-refractivity contribution >= 4 is 90.2 Å². The first-order valence-electron chi connectivity index (χ1n) is 17.9. The Balaban J connectivity index is 1.16. The van der Waals surface area contributed by atoms with Crippen molar-refractivity contribution in [2.45, 2.75) is 13.1 Å². The number of nitrogens with zero attached hydrogens (tertiary/aromatic N) is 1. The molecule has 4 heteroatoms. The largest absolute Gasteiger partial charge is 0.456 e. The van der Waals surface area contributed by atoms with Gasteiger partial charge in [0.2, 0.25) is 0 Å². The molecule has 0 bridgehead atoms.